The van der Waals surface area contributed by atoms with Gasteiger partial charge in [0.25, 0.3) is 0 Å². The molecule has 0 radical (unpaired) electrons. The lowest BCUT2D eigenvalue weighted by atomic mass is 10.0. The highest BCUT2D eigenvalue weighted by Crippen LogP contribution is 2.67. The molecule has 0 N–H and O–H groups in total. The van der Waals surface area contributed by atoms with Gasteiger partial charge in [0.2, 0.25) is 0 Å². The molecule has 0 nitrogen and oxygen atoms in total. The number of rotatable bonds is 11. The van der Waals surface area contributed by atoms with E-state index in [2.05, 4.69) is 13.8 Å². The molecule has 1 heteroatoms. The fourth-order valence-corrected chi connectivity index (χ4v) is 8.54. The molecule has 0 bridgehead atoms. The SMILES string of the molecule is CCCCCCC1CCC(CCCCCC)P1C1CC1. The Bertz CT molecular complexity index is 226. The van der Waals surface area contributed by atoms with Crippen molar-refractivity contribution >= 4 is 7.92 Å². The zero-order valence-corrected chi connectivity index (χ0v) is 15.0. The summed E-state index contributed by atoms with van der Waals surface area (Å²) in [7, 11) is 0.438. The van der Waals surface area contributed by atoms with E-state index in [9.17, 15) is 0 Å². The lowest BCUT2D eigenvalue weighted by molar-refractivity contribution is 0.580. The Kier molecular flexibility index (Phi) is 7.93. The van der Waals surface area contributed by atoms with Crippen molar-refractivity contribution in [1.82, 2.24) is 0 Å². The van der Waals surface area contributed by atoms with Gasteiger partial charge < -0.3 is 0 Å². The van der Waals surface area contributed by atoms with Crippen molar-refractivity contribution in [2.75, 3.05) is 0 Å². The molecule has 1 heterocycles. The molecule has 2 aliphatic rings. The second kappa shape index (κ2) is 9.45. The van der Waals surface area contributed by atoms with Gasteiger partial charge in [-0.1, -0.05) is 73.1 Å². The van der Waals surface area contributed by atoms with E-state index >= 15 is 0 Å². The predicted octanol–water partition coefficient (Wildman–Crippen LogP) is 7.10. The summed E-state index contributed by atoms with van der Waals surface area (Å²) in [5.74, 6) is 0. The Hall–Kier alpha value is 0.430. The zero-order valence-electron chi connectivity index (χ0n) is 14.1. The van der Waals surface area contributed by atoms with Gasteiger partial charge in [0.1, 0.15) is 0 Å². The molecule has 2 unspecified atom stereocenters. The zero-order chi connectivity index (χ0) is 14.2. The van der Waals surface area contributed by atoms with Crippen LogP contribution in [0.1, 0.15) is 104 Å². The number of unbranched alkanes of at least 4 members (excludes halogenated alkanes) is 6. The van der Waals surface area contributed by atoms with E-state index < -0.39 is 0 Å². The van der Waals surface area contributed by atoms with Gasteiger partial charge in [-0.05, 0) is 55.5 Å². The first kappa shape index (κ1) is 16.8. The quantitative estimate of drug-likeness (QED) is 0.282. The average Bonchev–Trinajstić information content (AvgIpc) is 3.22. The molecule has 0 aromatic carbocycles. The van der Waals surface area contributed by atoms with Crippen LogP contribution in [0.2, 0.25) is 0 Å². The summed E-state index contributed by atoms with van der Waals surface area (Å²) >= 11 is 0. The van der Waals surface area contributed by atoms with Gasteiger partial charge in [-0.15, -0.1) is 0 Å². The Labute approximate surface area is 129 Å². The van der Waals surface area contributed by atoms with E-state index in [1.165, 1.54) is 68.3 Å². The van der Waals surface area contributed by atoms with Crippen LogP contribution < -0.4 is 0 Å². The Balaban J connectivity index is 1.70. The van der Waals surface area contributed by atoms with E-state index in [0.717, 1.165) is 0 Å². The van der Waals surface area contributed by atoms with Crippen LogP contribution in [0.4, 0.5) is 0 Å². The minimum absolute atomic E-state index is 0.438. The van der Waals surface area contributed by atoms with E-state index in [-0.39, 0.29) is 0 Å². The third kappa shape index (κ3) is 5.32. The van der Waals surface area contributed by atoms with Gasteiger partial charge in [0.15, 0.2) is 0 Å². The summed E-state index contributed by atoms with van der Waals surface area (Å²) in [4.78, 5) is 0. The first-order valence-corrected chi connectivity index (χ1v) is 11.2. The molecule has 0 spiro atoms. The molecule has 1 saturated carbocycles. The van der Waals surface area contributed by atoms with Crippen LogP contribution in [0.25, 0.3) is 0 Å². The van der Waals surface area contributed by atoms with Crippen LogP contribution in [0.5, 0.6) is 0 Å². The third-order valence-corrected chi connectivity index (χ3v) is 9.51. The fourth-order valence-electron chi connectivity index (χ4n) is 4.15. The normalized spacial score (nSPS) is 30.0. The van der Waals surface area contributed by atoms with Crippen LogP contribution in [0, 0.1) is 0 Å². The van der Waals surface area contributed by atoms with Gasteiger partial charge in [-0.2, -0.15) is 0 Å². The predicted molar refractivity (Wildman–Crippen MR) is 94.3 cm³/mol. The van der Waals surface area contributed by atoms with Crippen molar-refractivity contribution in [3.8, 4) is 0 Å². The van der Waals surface area contributed by atoms with Crippen molar-refractivity contribution in [2.45, 2.75) is 121 Å². The molecule has 2 fully saturated rings. The molecule has 20 heavy (non-hydrogen) atoms. The van der Waals surface area contributed by atoms with Crippen molar-refractivity contribution < 1.29 is 0 Å². The van der Waals surface area contributed by atoms with E-state index in [1.807, 2.05) is 0 Å². The molecular weight excluding hydrogens is 259 g/mol. The Morgan fingerprint density at radius 3 is 1.55 bits per heavy atom. The van der Waals surface area contributed by atoms with E-state index in [0.29, 0.717) is 7.92 Å². The Morgan fingerprint density at radius 2 is 1.15 bits per heavy atom. The summed E-state index contributed by atoms with van der Waals surface area (Å²) in [6.07, 6.45) is 21.4. The average molecular weight is 296 g/mol. The third-order valence-electron chi connectivity index (χ3n) is 5.43. The standard InChI is InChI=1S/C19H37P/c1-3-5-7-9-11-17-13-14-18(12-10-8-6-4-2)20(17)19-15-16-19/h17-19H,3-16H2,1-2H3. The molecule has 2 atom stereocenters. The van der Waals surface area contributed by atoms with Crippen molar-refractivity contribution in [1.29, 1.82) is 0 Å². The minimum Gasteiger partial charge on any atom is -0.0971 e. The summed E-state index contributed by atoms with van der Waals surface area (Å²) < 4.78 is 0. The molecule has 2 rings (SSSR count). The Morgan fingerprint density at radius 1 is 0.650 bits per heavy atom. The second-order valence-electron chi connectivity index (χ2n) is 7.26. The maximum Gasteiger partial charge on any atom is -0.0204 e. The second-order valence-corrected chi connectivity index (χ2v) is 10.3. The monoisotopic (exact) mass is 296 g/mol. The first-order chi connectivity index (χ1) is 9.86. The van der Waals surface area contributed by atoms with Gasteiger partial charge in [-0.25, -0.2) is 0 Å². The van der Waals surface area contributed by atoms with Crippen LogP contribution in [-0.4, -0.2) is 17.0 Å². The van der Waals surface area contributed by atoms with Crippen LogP contribution in [-0.2, 0) is 0 Å². The van der Waals surface area contributed by atoms with E-state index in [4.69, 9.17) is 0 Å². The van der Waals surface area contributed by atoms with Gasteiger partial charge in [0, 0.05) is 0 Å². The van der Waals surface area contributed by atoms with E-state index in [1.54, 1.807) is 38.5 Å². The van der Waals surface area contributed by atoms with Crippen molar-refractivity contribution in [3.63, 3.8) is 0 Å². The molecule has 0 aromatic rings. The van der Waals surface area contributed by atoms with Gasteiger partial charge >= 0.3 is 0 Å². The molecular formula is C19H37P. The smallest absolute Gasteiger partial charge is 0.0204 e. The maximum atomic E-state index is 2.33. The topological polar surface area (TPSA) is 0 Å². The van der Waals surface area contributed by atoms with Crippen LogP contribution in [0.3, 0.4) is 0 Å². The van der Waals surface area contributed by atoms with Gasteiger partial charge in [-0.3, -0.25) is 0 Å². The molecule has 1 aliphatic carbocycles. The first-order valence-electron chi connectivity index (χ1n) is 9.64. The van der Waals surface area contributed by atoms with Gasteiger partial charge in [0.05, 0.1) is 0 Å². The molecule has 0 aromatic heterocycles. The molecule has 118 valence electrons. The highest BCUT2D eigenvalue weighted by atomic mass is 31.1. The summed E-state index contributed by atoms with van der Waals surface area (Å²) in [6, 6.07) is 0. The number of hydrogen-bond donors (Lipinski definition) is 0. The van der Waals surface area contributed by atoms with Crippen LogP contribution in [0.15, 0.2) is 0 Å². The molecule has 1 saturated heterocycles. The minimum atomic E-state index is 0.438. The summed E-state index contributed by atoms with van der Waals surface area (Å²) in [5.41, 5.74) is 3.59. The number of hydrogen-bond acceptors (Lipinski definition) is 0. The largest absolute Gasteiger partial charge is 0.0971 e. The summed E-state index contributed by atoms with van der Waals surface area (Å²) in [6.45, 7) is 4.66. The molecule has 1 aliphatic heterocycles. The van der Waals surface area contributed by atoms with Crippen molar-refractivity contribution in [2.24, 2.45) is 0 Å². The maximum absolute atomic E-state index is 2.33. The highest BCUT2D eigenvalue weighted by Gasteiger charge is 2.43. The van der Waals surface area contributed by atoms with Crippen LogP contribution >= 0.6 is 7.92 Å². The lowest BCUT2D eigenvalue weighted by Gasteiger charge is -2.26. The lowest BCUT2D eigenvalue weighted by Crippen LogP contribution is -2.08. The highest BCUT2D eigenvalue weighted by molar-refractivity contribution is 7.60. The van der Waals surface area contributed by atoms with Crippen molar-refractivity contribution in [3.05, 3.63) is 0 Å². The fraction of sp³-hybridized carbons (Fsp3) is 1.00. The summed E-state index contributed by atoms with van der Waals surface area (Å²) in [5, 5.41) is 0. The molecule has 0 amide bonds.